The quantitative estimate of drug-likeness (QED) is 0.780. The summed E-state index contributed by atoms with van der Waals surface area (Å²) >= 11 is 0. The summed E-state index contributed by atoms with van der Waals surface area (Å²) in [4.78, 5) is 4.18. The third kappa shape index (κ3) is 1.95. The molecule has 1 aliphatic carbocycles. The lowest BCUT2D eigenvalue weighted by atomic mass is 10.0. The van der Waals surface area contributed by atoms with E-state index in [0.717, 1.165) is 12.4 Å². The molecule has 1 saturated carbocycles. The summed E-state index contributed by atoms with van der Waals surface area (Å²) in [6.07, 6.45) is 4.42. The van der Waals surface area contributed by atoms with Crippen molar-refractivity contribution in [3.8, 4) is 0 Å². The molecule has 1 unspecified atom stereocenters. The molecule has 1 N–H and O–H groups in total. The fourth-order valence-electron chi connectivity index (χ4n) is 1.59. The monoisotopic (exact) mass is 194 g/mol. The highest BCUT2D eigenvalue weighted by Gasteiger charge is 2.42. The molecular weight excluding hydrogens is 176 g/mol. The van der Waals surface area contributed by atoms with Gasteiger partial charge in [-0.25, -0.2) is 4.98 Å². The molecule has 1 fully saturated rings. The van der Waals surface area contributed by atoms with Crippen molar-refractivity contribution in [3.63, 3.8) is 0 Å². The minimum atomic E-state index is 0.523. The Morgan fingerprint density at radius 3 is 2.86 bits per heavy atom. The molecule has 0 saturated heterocycles. The molecule has 0 spiro atoms. The Labute approximate surface area is 84.7 Å². The number of aromatic nitrogens is 3. The van der Waals surface area contributed by atoms with Gasteiger partial charge in [0.2, 0.25) is 0 Å². The van der Waals surface area contributed by atoms with Gasteiger partial charge in [0.15, 0.2) is 5.82 Å². The van der Waals surface area contributed by atoms with Crippen LogP contribution < -0.4 is 5.32 Å². The molecule has 0 amide bonds. The van der Waals surface area contributed by atoms with Crippen molar-refractivity contribution in [2.45, 2.75) is 39.3 Å². The summed E-state index contributed by atoms with van der Waals surface area (Å²) in [5.74, 6) is 0.878. The van der Waals surface area contributed by atoms with Crippen LogP contribution in [0.3, 0.4) is 0 Å². The Morgan fingerprint density at radius 1 is 1.64 bits per heavy atom. The summed E-state index contributed by atoms with van der Waals surface area (Å²) in [7, 11) is 1.89. The minimum Gasteiger partial charge on any atom is -0.307 e. The van der Waals surface area contributed by atoms with Crippen LogP contribution in [0.1, 0.15) is 32.5 Å². The van der Waals surface area contributed by atoms with Gasteiger partial charge < -0.3 is 5.32 Å². The first-order valence-corrected chi connectivity index (χ1v) is 5.18. The van der Waals surface area contributed by atoms with Crippen LogP contribution in [0.25, 0.3) is 0 Å². The van der Waals surface area contributed by atoms with Crippen LogP contribution in [0, 0.1) is 5.41 Å². The van der Waals surface area contributed by atoms with Crippen LogP contribution in [-0.2, 0) is 13.6 Å². The Kier molecular flexibility index (Phi) is 2.31. The second kappa shape index (κ2) is 3.35. The van der Waals surface area contributed by atoms with E-state index in [0.29, 0.717) is 11.5 Å². The van der Waals surface area contributed by atoms with Crippen LogP contribution >= 0.6 is 0 Å². The maximum atomic E-state index is 4.23. The maximum absolute atomic E-state index is 4.23. The van der Waals surface area contributed by atoms with E-state index in [1.165, 1.54) is 12.8 Å². The SMILES string of the molecule is CC(NCc1ncn(C)n1)C1(C)CC1. The second-order valence-corrected chi connectivity index (χ2v) is 4.59. The van der Waals surface area contributed by atoms with E-state index in [4.69, 9.17) is 0 Å². The van der Waals surface area contributed by atoms with Gasteiger partial charge in [0.1, 0.15) is 6.33 Å². The fourth-order valence-corrected chi connectivity index (χ4v) is 1.59. The van der Waals surface area contributed by atoms with E-state index in [9.17, 15) is 0 Å². The van der Waals surface area contributed by atoms with Gasteiger partial charge in [-0.15, -0.1) is 0 Å². The van der Waals surface area contributed by atoms with E-state index >= 15 is 0 Å². The number of nitrogens with zero attached hydrogens (tertiary/aromatic N) is 3. The fraction of sp³-hybridized carbons (Fsp3) is 0.800. The van der Waals surface area contributed by atoms with Crippen molar-refractivity contribution in [3.05, 3.63) is 12.2 Å². The largest absolute Gasteiger partial charge is 0.307 e. The minimum absolute atomic E-state index is 0.523. The smallest absolute Gasteiger partial charge is 0.164 e. The van der Waals surface area contributed by atoms with E-state index in [1.54, 1.807) is 11.0 Å². The summed E-state index contributed by atoms with van der Waals surface area (Å²) in [5, 5.41) is 7.70. The van der Waals surface area contributed by atoms with Gasteiger partial charge in [-0.05, 0) is 25.2 Å². The average molecular weight is 194 g/mol. The Balaban J connectivity index is 1.82. The zero-order valence-corrected chi connectivity index (χ0v) is 9.12. The van der Waals surface area contributed by atoms with Crippen molar-refractivity contribution in [1.29, 1.82) is 0 Å². The van der Waals surface area contributed by atoms with Gasteiger partial charge >= 0.3 is 0 Å². The van der Waals surface area contributed by atoms with Gasteiger partial charge in [0.05, 0.1) is 6.54 Å². The van der Waals surface area contributed by atoms with Gasteiger partial charge in [0, 0.05) is 13.1 Å². The Bertz CT molecular complexity index is 314. The first-order chi connectivity index (χ1) is 6.60. The molecule has 4 heteroatoms. The summed E-state index contributed by atoms with van der Waals surface area (Å²) < 4.78 is 1.74. The van der Waals surface area contributed by atoms with Crippen LogP contribution in [0.15, 0.2) is 6.33 Å². The number of hydrogen-bond acceptors (Lipinski definition) is 3. The highest BCUT2D eigenvalue weighted by molar-refractivity contribution is 4.97. The molecule has 1 aliphatic rings. The predicted octanol–water partition coefficient (Wildman–Crippen LogP) is 1.09. The molecule has 0 aromatic carbocycles. The third-order valence-electron chi connectivity index (χ3n) is 3.30. The van der Waals surface area contributed by atoms with Gasteiger partial charge in [0.25, 0.3) is 0 Å². The number of rotatable bonds is 4. The summed E-state index contributed by atoms with van der Waals surface area (Å²) in [6.45, 7) is 5.35. The topological polar surface area (TPSA) is 42.7 Å². The van der Waals surface area contributed by atoms with Gasteiger partial charge in [-0.3, -0.25) is 4.68 Å². The summed E-state index contributed by atoms with van der Waals surface area (Å²) in [5.41, 5.74) is 0.523. The van der Waals surface area contributed by atoms with E-state index in [-0.39, 0.29) is 0 Å². The molecule has 4 nitrogen and oxygen atoms in total. The highest BCUT2D eigenvalue weighted by atomic mass is 15.3. The molecule has 1 atom stereocenters. The van der Waals surface area contributed by atoms with E-state index in [2.05, 4.69) is 29.2 Å². The predicted molar refractivity (Wildman–Crippen MR) is 54.6 cm³/mol. The van der Waals surface area contributed by atoms with Crippen LogP contribution in [0.4, 0.5) is 0 Å². The van der Waals surface area contributed by atoms with Crippen molar-refractivity contribution >= 4 is 0 Å². The molecule has 2 rings (SSSR count). The molecule has 1 heterocycles. The molecular formula is C10H18N4. The van der Waals surface area contributed by atoms with E-state index < -0.39 is 0 Å². The lowest BCUT2D eigenvalue weighted by molar-refractivity contribution is 0.376. The van der Waals surface area contributed by atoms with Crippen LogP contribution in [-0.4, -0.2) is 20.8 Å². The van der Waals surface area contributed by atoms with Gasteiger partial charge in [-0.1, -0.05) is 6.92 Å². The highest BCUT2D eigenvalue weighted by Crippen LogP contribution is 2.47. The van der Waals surface area contributed by atoms with Gasteiger partial charge in [-0.2, -0.15) is 5.10 Å². The first kappa shape index (κ1) is 9.65. The van der Waals surface area contributed by atoms with E-state index in [1.807, 2.05) is 7.05 Å². The molecule has 0 bridgehead atoms. The molecule has 14 heavy (non-hydrogen) atoms. The second-order valence-electron chi connectivity index (χ2n) is 4.59. The number of aryl methyl sites for hydroxylation is 1. The first-order valence-electron chi connectivity index (χ1n) is 5.18. The number of nitrogens with one attached hydrogen (secondary N) is 1. The molecule has 0 aliphatic heterocycles. The van der Waals surface area contributed by atoms with Crippen LogP contribution in [0.5, 0.6) is 0 Å². The maximum Gasteiger partial charge on any atom is 0.164 e. The lowest BCUT2D eigenvalue weighted by Crippen LogP contribution is -2.33. The van der Waals surface area contributed by atoms with Crippen molar-refractivity contribution in [1.82, 2.24) is 20.1 Å². The lowest BCUT2D eigenvalue weighted by Gasteiger charge is -2.19. The standard InChI is InChI=1S/C10H18N4/c1-8(10(2)4-5-10)11-6-9-12-7-14(3)13-9/h7-8,11H,4-6H2,1-3H3. The Hall–Kier alpha value is -0.900. The zero-order chi connectivity index (χ0) is 10.2. The third-order valence-corrected chi connectivity index (χ3v) is 3.30. The van der Waals surface area contributed by atoms with Crippen molar-refractivity contribution < 1.29 is 0 Å². The van der Waals surface area contributed by atoms with Crippen molar-refractivity contribution in [2.24, 2.45) is 12.5 Å². The zero-order valence-electron chi connectivity index (χ0n) is 9.12. The molecule has 0 radical (unpaired) electrons. The van der Waals surface area contributed by atoms with Crippen molar-refractivity contribution in [2.75, 3.05) is 0 Å². The summed E-state index contributed by atoms with van der Waals surface area (Å²) in [6, 6.07) is 0.561. The Morgan fingerprint density at radius 2 is 2.36 bits per heavy atom. The molecule has 1 aromatic heterocycles. The number of hydrogen-bond donors (Lipinski definition) is 1. The average Bonchev–Trinajstić information content (AvgIpc) is 2.76. The molecule has 78 valence electrons. The molecule has 1 aromatic rings. The van der Waals surface area contributed by atoms with Crippen LogP contribution in [0.2, 0.25) is 0 Å². The normalized spacial score (nSPS) is 20.8.